The highest BCUT2D eigenvalue weighted by molar-refractivity contribution is 5.88. The number of aryl methyl sites for hydroxylation is 1. The molecule has 0 aliphatic carbocycles. The molecule has 142 valence electrons. The van der Waals surface area contributed by atoms with E-state index in [0.29, 0.717) is 11.1 Å². The normalized spacial score (nSPS) is 29.0. The van der Waals surface area contributed by atoms with Crippen molar-refractivity contribution < 1.29 is 39.1 Å². The number of phenolic OH excluding ortho intramolecular Hbond substituents is 1. The van der Waals surface area contributed by atoms with Crippen LogP contribution in [0.15, 0.2) is 27.4 Å². The standard InChI is InChI=1S/C17H20O9/c1-7-3-8-4-9(5-10(19)12(8)16(22)24-7)25-17-14(21)13(20)15(23-2)11(6-18)26-17/h3-5,11,13-15,17-21H,6H2,1-2H3/t11-,13-,14-,15-,17-/m1/s1. The summed E-state index contributed by atoms with van der Waals surface area (Å²) in [4.78, 5) is 11.9. The highest BCUT2D eigenvalue weighted by atomic mass is 16.7. The van der Waals surface area contributed by atoms with Crippen LogP contribution in [0.2, 0.25) is 0 Å². The Kier molecular flexibility index (Phi) is 5.17. The van der Waals surface area contributed by atoms with E-state index < -0.39 is 42.9 Å². The van der Waals surface area contributed by atoms with Gasteiger partial charge in [-0.1, -0.05) is 0 Å². The first-order valence-electron chi connectivity index (χ1n) is 7.95. The van der Waals surface area contributed by atoms with Gasteiger partial charge in [-0.15, -0.1) is 0 Å². The summed E-state index contributed by atoms with van der Waals surface area (Å²) in [6.45, 7) is 1.14. The van der Waals surface area contributed by atoms with Crippen LogP contribution >= 0.6 is 0 Å². The molecule has 0 spiro atoms. The van der Waals surface area contributed by atoms with Crippen LogP contribution in [0.3, 0.4) is 0 Å². The van der Waals surface area contributed by atoms with Crippen LogP contribution in [0.5, 0.6) is 11.5 Å². The zero-order valence-electron chi connectivity index (χ0n) is 14.2. The van der Waals surface area contributed by atoms with E-state index in [0.717, 1.165) is 0 Å². The molecule has 0 bridgehead atoms. The highest BCUT2D eigenvalue weighted by Crippen LogP contribution is 2.31. The molecule has 1 fully saturated rings. The summed E-state index contributed by atoms with van der Waals surface area (Å²) in [5.74, 6) is 0.0982. The van der Waals surface area contributed by atoms with E-state index in [4.69, 9.17) is 18.6 Å². The molecule has 2 aromatic rings. The molecule has 26 heavy (non-hydrogen) atoms. The maximum absolute atomic E-state index is 11.9. The van der Waals surface area contributed by atoms with Gasteiger partial charge in [-0.3, -0.25) is 0 Å². The van der Waals surface area contributed by atoms with Crippen LogP contribution in [0.25, 0.3) is 10.8 Å². The molecule has 0 unspecified atom stereocenters. The van der Waals surface area contributed by atoms with Crippen LogP contribution in [-0.2, 0) is 9.47 Å². The lowest BCUT2D eigenvalue weighted by Gasteiger charge is -2.41. The predicted octanol–water partition coefficient (Wildman–Crippen LogP) is -0.360. The minimum atomic E-state index is -1.46. The molecule has 1 aromatic heterocycles. The summed E-state index contributed by atoms with van der Waals surface area (Å²) in [6.07, 6.45) is -5.95. The monoisotopic (exact) mass is 368 g/mol. The van der Waals surface area contributed by atoms with Crippen LogP contribution in [-0.4, -0.2) is 64.8 Å². The Morgan fingerprint density at radius 2 is 1.92 bits per heavy atom. The van der Waals surface area contributed by atoms with Crippen molar-refractivity contribution in [1.29, 1.82) is 0 Å². The van der Waals surface area contributed by atoms with E-state index in [2.05, 4.69) is 0 Å². The fraction of sp³-hybridized carbons (Fsp3) is 0.471. The molecule has 0 saturated carbocycles. The van der Waals surface area contributed by atoms with E-state index in [-0.39, 0.29) is 16.9 Å². The van der Waals surface area contributed by atoms with E-state index in [9.17, 15) is 25.2 Å². The second kappa shape index (κ2) is 7.22. The summed E-state index contributed by atoms with van der Waals surface area (Å²) < 4.78 is 21.0. The zero-order chi connectivity index (χ0) is 19.0. The Bertz CT molecular complexity index is 844. The quantitative estimate of drug-likeness (QED) is 0.570. The predicted molar refractivity (Wildman–Crippen MR) is 88.1 cm³/mol. The fourth-order valence-electron chi connectivity index (χ4n) is 3.05. The highest BCUT2D eigenvalue weighted by Gasteiger charge is 2.45. The van der Waals surface area contributed by atoms with Gasteiger partial charge < -0.3 is 39.1 Å². The van der Waals surface area contributed by atoms with Crippen molar-refractivity contribution >= 4 is 10.8 Å². The number of rotatable bonds is 4. The Balaban J connectivity index is 1.92. The lowest BCUT2D eigenvalue weighted by atomic mass is 9.99. The number of phenols is 1. The minimum Gasteiger partial charge on any atom is -0.507 e. The van der Waals surface area contributed by atoms with Gasteiger partial charge in [0.1, 0.15) is 47.1 Å². The zero-order valence-corrected chi connectivity index (χ0v) is 14.2. The lowest BCUT2D eigenvalue weighted by Crippen LogP contribution is -2.60. The van der Waals surface area contributed by atoms with Gasteiger partial charge in [0, 0.05) is 13.2 Å². The van der Waals surface area contributed by atoms with Crippen molar-refractivity contribution in [2.24, 2.45) is 0 Å². The molecular formula is C17H20O9. The maximum atomic E-state index is 11.9. The SMILES string of the molecule is CO[C@H]1[C@H](O)[C@@H](O)[C@H](Oc2cc(O)c3c(=O)oc(C)cc3c2)O[C@@H]1CO. The first kappa shape index (κ1) is 18.6. The number of methoxy groups -OCH3 is 1. The fourth-order valence-corrected chi connectivity index (χ4v) is 3.05. The van der Waals surface area contributed by atoms with E-state index in [1.807, 2.05) is 0 Å². The molecule has 9 heteroatoms. The third-order valence-corrected chi connectivity index (χ3v) is 4.28. The molecule has 3 rings (SSSR count). The number of aromatic hydroxyl groups is 1. The summed E-state index contributed by atoms with van der Waals surface area (Å²) >= 11 is 0. The summed E-state index contributed by atoms with van der Waals surface area (Å²) in [5, 5.41) is 40.2. The van der Waals surface area contributed by atoms with E-state index in [1.165, 1.54) is 19.2 Å². The molecule has 9 nitrogen and oxygen atoms in total. The molecule has 1 aliphatic heterocycles. The summed E-state index contributed by atoms with van der Waals surface area (Å²) in [7, 11) is 1.32. The molecule has 1 aromatic carbocycles. The number of fused-ring (bicyclic) bond motifs is 1. The summed E-state index contributed by atoms with van der Waals surface area (Å²) in [6, 6.07) is 4.19. The Morgan fingerprint density at radius 1 is 1.19 bits per heavy atom. The van der Waals surface area contributed by atoms with Crippen molar-refractivity contribution in [2.45, 2.75) is 37.6 Å². The largest absolute Gasteiger partial charge is 0.507 e. The van der Waals surface area contributed by atoms with Gasteiger partial charge in [0.15, 0.2) is 0 Å². The van der Waals surface area contributed by atoms with Gasteiger partial charge in [-0.25, -0.2) is 4.79 Å². The third kappa shape index (κ3) is 3.27. The van der Waals surface area contributed by atoms with Gasteiger partial charge in [0.25, 0.3) is 0 Å². The smallest absolute Gasteiger partial charge is 0.347 e. The molecule has 2 heterocycles. The van der Waals surface area contributed by atoms with Crippen LogP contribution in [0, 0.1) is 6.92 Å². The number of aliphatic hydroxyl groups excluding tert-OH is 3. The van der Waals surface area contributed by atoms with Crippen LogP contribution in [0.4, 0.5) is 0 Å². The lowest BCUT2D eigenvalue weighted by molar-refractivity contribution is -0.281. The van der Waals surface area contributed by atoms with Crippen molar-refractivity contribution in [1.82, 2.24) is 0 Å². The summed E-state index contributed by atoms with van der Waals surface area (Å²) in [5.41, 5.74) is -0.684. The van der Waals surface area contributed by atoms with Crippen molar-refractivity contribution in [3.63, 3.8) is 0 Å². The van der Waals surface area contributed by atoms with E-state index in [1.54, 1.807) is 13.0 Å². The second-order valence-electron chi connectivity index (χ2n) is 6.08. The molecule has 4 N–H and O–H groups in total. The number of aliphatic hydroxyl groups is 3. The van der Waals surface area contributed by atoms with Crippen LogP contribution in [0.1, 0.15) is 5.76 Å². The van der Waals surface area contributed by atoms with E-state index >= 15 is 0 Å². The number of benzene rings is 1. The first-order valence-corrected chi connectivity index (χ1v) is 7.95. The Hall–Kier alpha value is -2.17. The Labute approximate surface area is 148 Å². The minimum absolute atomic E-state index is 0.000720. The average molecular weight is 368 g/mol. The second-order valence-corrected chi connectivity index (χ2v) is 6.08. The molecular weight excluding hydrogens is 348 g/mol. The van der Waals surface area contributed by atoms with Gasteiger partial charge in [0.2, 0.25) is 6.29 Å². The van der Waals surface area contributed by atoms with Gasteiger partial charge in [-0.2, -0.15) is 0 Å². The van der Waals surface area contributed by atoms with Gasteiger partial charge in [-0.05, 0) is 24.4 Å². The number of hydrogen-bond acceptors (Lipinski definition) is 9. The third-order valence-electron chi connectivity index (χ3n) is 4.28. The molecule has 5 atom stereocenters. The number of ether oxygens (including phenoxy) is 3. The number of hydrogen-bond donors (Lipinski definition) is 4. The average Bonchev–Trinajstić information content (AvgIpc) is 2.57. The topological polar surface area (TPSA) is 139 Å². The molecule has 0 radical (unpaired) electrons. The molecule has 1 saturated heterocycles. The first-order chi connectivity index (χ1) is 12.3. The molecule has 1 aliphatic rings. The van der Waals surface area contributed by atoms with Crippen molar-refractivity contribution in [2.75, 3.05) is 13.7 Å². The van der Waals surface area contributed by atoms with Crippen LogP contribution < -0.4 is 10.4 Å². The maximum Gasteiger partial charge on any atom is 0.347 e. The van der Waals surface area contributed by atoms with Gasteiger partial charge >= 0.3 is 5.63 Å². The van der Waals surface area contributed by atoms with Crippen molar-refractivity contribution in [3.05, 3.63) is 34.4 Å². The molecule has 0 amide bonds. The van der Waals surface area contributed by atoms with Gasteiger partial charge in [0.05, 0.1) is 6.61 Å². The Morgan fingerprint density at radius 3 is 2.58 bits per heavy atom. The van der Waals surface area contributed by atoms with Crippen molar-refractivity contribution in [3.8, 4) is 11.5 Å².